The molecule has 1 aromatic rings. The highest BCUT2D eigenvalue weighted by molar-refractivity contribution is 8.00. The molecular weight excluding hydrogens is 280 g/mol. The predicted octanol–water partition coefficient (Wildman–Crippen LogP) is 2.29. The van der Waals surface area contributed by atoms with Gasteiger partial charge < -0.3 is 5.32 Å². The van der Waals surface area contributed by atoms with Crippen molar-refractivity contribution in [2.45, 2.75) is 36.0 Å². The molecule has 2 rings (SSSR count). The second-order valence-corrected chi connectivity index (χ2v) is 8.01. The summed E-state index contributed by atoms with van der Waals surface area (Å²) in [4.78, 5) is 0.320. The van der Waals surface area contributed by atoms with Crippen LogP contribution in [0.2, 0.25) is 0 Å². The van der Waals surface area contributed by atoms with E-state index in [1.54, 1.807) is 12.1 Å². The Kier molecular flexibility index (Phi) is 4.76. The quantitative estimate of drug-likeness (QED) is 0.896. The Morgan fingerprint density at radius 1 is 1.32 bits per heavy atom. The van der Waals surface area contributed by atoms with E-state index in [2.05, 4.69) is 17.0 Å². The highest BCUT2D eigenvalue weighted by Gasteiger charge is 2.24. The lowest BCUT2D eigenvalue weighted by Crippen LogP contribution is -2.33. The second-order valence-electron chi connectivity index (χ2n) is 4.67. The van der Waals surface area contributed by atoms with Gasteiger partial charge in [-0.3, -0.25) is 0 Å². The number of nitrogens with one attached hydrogen (secondary N) is 2. The number of thioether (sulfide) groups is 1. The topological polar surface area (TPSA) is 58.2 Å². The first-order chi connectivity index (χ1) is 9.04. The number of anilines is 1. The molecule has 6 heteroatoms. The van der Waals surface area contributed by atoms with Crippen LogP contribution in [0, 0.1) is 0 Å². The van der Waals surface area contributed by atoms with Crippen LogP contribution in [0.5, 0.6) is 0 Å². The minimum Gasteiger partial charge on any atom is -0.380 e. The fourth-order valence-corrected chi connectivity index (χ4v) is 4.28. The van der Waals surface area contributed by atoms with Crippen LogP contribution >= 0.6 is 11.8 Å². The van der Waals surface area contributed by atoms with Crippen molar-refractivity contribution >= 4 is 27.5 Å². The van der Waals surface area contributed by atoms with Crippen molar-refractivity contribution in [1.82, 2.24) is 4.72 Å². The lowest BCUT2D eigenvalue weighted by atomic mass is 10.1. The third-order valence-electron chi connectivity index (χ3n) is 3.39. The summed E-state index contributed by atoms with van der Waals surface area (Å²) >= 11 is 1.94. The zero-order chi connectivity index (χ0) is 13.9. The van der Waals surface area contributed by atoms with Gasteiger partial charge in [0.25, 0.3) is 0 Å². The van der Waals surface area contributed by atoms with E-state index >= 15 is 0 Å². The summed E-state index contributed by atoms with van der Waals surface area (Å²) in [6.07, 6.45) is 2.26. The van der Waals surface area contributed by atoms with Crippen molar-refractivity contribution in [3.63, 3.8) is 0 Å². The summed E-state index contributed by atoms with van der Waals surface area (Å²) in [5, 5.41) is 3.90. The van der Waals surface area contributed by atoms with Crippen molar-refractivity contribution < 1.29 is 8.42 Å². The van der Waals surface area contributed by atoms with Gasteiger partial charge in [-0.2, -0.15) is 11.8 Å². The Morgan fingerprint density at radius 3 is 2.74 bits per heavy atom. The zero-order valence-electron chi connectivity index (χ0n) is 11.2. The van der Waals surface area contributed by atoms with Crippen LogP contribution in [0.1, 0.15) is 19.8 Å². The Hall–Kier alpha value is -0.720. The van der Waals surface area contributed by atoms with Crippen LogP contribution in [-0.4, -0.2) is 32.5 Å². The summed E-state index contributed by atoms with van der Waals surface area (Å²) < 4.78 is 26.4. The molecular formula is C13H20N2O2S2. The van der Waals surface area contributed by atoms with Crippen LogP contribution in [0.4, 0.5) is 5.69 Å². The average Bonchev–Trinajstić information content (AvgIpc) is 2.42. The molecule has 0 aromatic heterocycles. The number of hydrogen-bond acceptors (Lipinski definition) is 4. The van der Waals surface area contributed by atoms with Crippen LogP contribution in [0.3, 0.4) is 0 Å². The monoisotopic (exact) mass is 300 g/mol. The van der Waals surface area contributed by atoms with Crippen LogP contribution in [0.15, 0.2) is 29.2 Å². The van der Waals surface area contributed by atoms with Gasteiger partial charge in [0, 0.05) is 11.3 Å². The third-order valence-corrected chi connectivity index (χ3v) is 6.24. The number of hydrogen-bond donors (Lipinski definition) is 2. The lowest BCUT2D eigenvalue weighted by molar-refractivity contribution is 0.587. The molecule has 0 aliphatic carbocycles. The molecule has 1 heterocycles. The summed E-state index contributed by atoms with van der Waals surface area (Å²) in [6.45, 7) is 2.19. The van der Waals surface area contributed by atoms with E-state index in [4.69, 9.17) is 0 Å². The smallest absolute Gasteiger partial charge is 0.242 e. The van der Waals surface area contributed by atoms with Crippen molar-refractivity contribution in [1.29, 1.82) is 0 Å². The maximum Gasteiger partial charge on any atom is 0.242 e. The molecule has 2 atom stereocenters. The molecule has 1 fully saturated rings. The summed E-state index contributed by atoms with van der Waals surface area (Å²) in [5.74, 6) is 1.19. The Bertz CT molecular complexity index is 531. The summed E-state index contributed by atoms with van der Waals surface area (Å²) in [6, 6.07) is 7.39. The number of rotatable bonds is 4. The second kappa shape index (κ2) is 6.15. The molecule has 0 bridgehead atoms. The van der Waals surface area contributed by atoms with Crippen LogP contribution < -0.4 is 10.0 Å². The van der Waals surface area contributed by atoms with E-state index in [9.17, 15) is 8.42 Å². The normalized spacial score (nSPS) is 24.1. The zero-order valence-corrected chi connectivity index (χ0v) is 12.9. The lowest BCUT2D eigenvalue weighted by Gasteiger charge is -2.30. The number of benzene rings is 1. The maximum atomic E-state index is 12.0. The van der Waals surface area contributed by atoms with E-state index in [1.807, 2.05) is 23.9 Å². The van der Waals surface area contributed by atoms with Crippen molar-refractivity contribution in [2.24, 2.45) is 0 Å². The molecule has 1 saturated heterocycles. The first-order valence-corrected chi connectivity index (χ1v) is 8.98. The van der Waals surface area contributed by atoms with E-state index in [-0.39, 0.29) is 0 Å². The van der Waals surface area contributed by atoms with Gasteiger partial charge >= 0.3 is 0 Å². The molecule has 0 radical (unpaired) electrons. The molecule has 2 unspecified atom stereocenters. The van der Waals surface area contributed by atoms with Crippen molar-refractivity contribution in [2.75, 3.05) is 18.1 Å². The van der Waals surface area contributed by atoms with Gasteiger partial charge in [-0.05, 0) is 37.8 Å². The molecule has 0 saturated carbocycles. The molecule has 4 nitrogen and oxygen atoms in total. The number of sulfonamides is 1. The predicted molar refractivity (Wildman–Crippen MR) is 81.3 cm³/mol. The summed E-state index contributed by atoms with van der Waals surface area (Å²) in [7, 11) is -1.98. The maximum absolute atomic E-state index is 12.0. The Labute approximate surface area is 119 Å². The van der Waals surface area contributed by atoms with E-state index < -0.39 is 10.0 Å². The minimum absolute atomic E-state index is 0.320. The molecule has 1 aliphatic heterocycles. The van der Waals surface area contributed by atoms with Crippen molar-refractivity contribution in [3.8, 4) is 0 Å². The SMILES string of the molecule is CNS(=O)(=O)c1ccccc1NC1CCCSC1C. The van der Waals surface area contributed by atoms with Gasteiger partial charge in [0.2, 0.25) is 10.0 Å². The fraction of sp³-hybridized carbons (Fsp3) is 0.538. The standard InChI is InChI=1S/C13H20N2O2S2/c1-10-11(7-5-9-18-10)15-12-6-3-4-8-13(12)19(16,17)14-2/h3-4,6,8,10-11,14-15H,5,7,9H2,1-2H3. The molecule has 1 aromatic carbocycles. The fourth-order valence-electron chi connectivity index (χ4n) is 2.24. The molecule has 1 aliphatic rings. The molecule has 106 valence electrons. The molecule has 0 amide bonds. The van der Waals surface area contributed by atoms with E-state index in [1.165, 1.54) is 19.2 Å². The van der Waals surface area contributed by atoms with Gasteiger partial charge in [-0.25, -0.2) is 13.1 Å². The largest absolute Gasteiger partial charge is 0.380 e. The van der Waals surface area contributed by atoms with Gasteiger partial charge in [-0.15, -0.1) is 0 Å². The van der Waals surface area contributed by atoms with Crippen LogP contribution in [0.25, 0.3) is 0 Å². The first-order valence-electron chi connectivity index (χ1n) is 6.45. The highest BCUT2D eigenvalue weighted by Crippen LogP contribution is 2.29. The number of para-hydroxylation sites is 1. The van der Waals surface area contributed by atoms with Gasteiger partial charge in [0.15, 0.2) is 0 Å². The van der Waals surface area contributed by atoms with E-state index in [0.29, 0.717) is 21.9 Å². The molecule has 2 N–H and O–H groups in total. The minimum atomic E-state index is -3.42. The van der Waals surface area contributed by atoms with Gasteiger partial charge in [0.1, 0.15) is 4.90 Å². The van der Waals surface area contributed by atoms with Gasteiger partial charge in [0.05, 0.1) is 5.69 Å². The Morgan fingerprint density at radius 2 is 2.05 bits per heavy atom. The average molecular weight is 300 g/mol. The van der Waals surface area contributed by atoms with Crippen molar-refractivity contribution in [3.05, 3.63) is 24.3 Å². The van der Waals surface area contributed by atoms with Crippen LogP contribution in [-0.2, 0) is 10.0 Å². The van der Waals surface area contributed by atoms with Gasteiger partial charge in [-0.1, -0.05) is 19.1 Å². The molecule has 19 heavy (non-hydrogen) atoms. The van der Waals surface area contributed by atoms with E-state index in [0.717, 1.165) is 6.42 Å². The molecule has 0 spiro atoms. The summed E-state index contributed by atoms with van der Waals surface area (Å²) in [5.41, 5.74) is 0.691. The third kappa shape index (κ3) is 3.43. The first kappa shape index (κ1) is 14.7. The Balaban J connectivity index is 2.25. The highest BCUT2D eigenvalue weighted by atomic mass is 32.2.